The summed E-state index contributed by atoms with van der Waals surface area (Å²) < 4.78 is 10.3. The second kappa shape index (κ2) is 8.49. The van der Waals surface area contributed by atoms with Gasteiger partial charge in [-0.2, -0.15) is 0 Å². The first-order valence-electron chi connectivity index (χ1n) is 8.72. The molecule has 0 bridgehead atoms. The van der Waals surface area contributed by atoms with Crippen molar-refractivity contribution in [3.05, 3.63) is 54.1 Å². The number of benzene rings is 2. The highest BCUT2D eigenvalue weighted by Gasteiger charge is 2.23. The summed E-state index contributed by atoms with van der Waals surface area (Å²) in [7, 11) is 0. The van der Waals surface area contributed by atoms with E-state index in [0.717, 1.165) is 29.9 Å². The van der Waals surface area contributed by atoms with Gasteiger partial charge in [0.25, 0.3) is 5.91 Å². The van der Waals surface area contributed by atoms with Gasteiger partial charge in [-0.3, -0.25) is 4.79 Å². The van der Waals surface area contributed by atoms with Gasteiger partial charge in [0.2, 0.25) is 0 Å². The highest BCUT2D eigenvalue weighted by molar-refractivity contribution is 5.94. The summed E-state index contributed by atoms with van der Waals surface area (Å²) in [6.45, 7) is 2.78. The Balaban J connectivity index is 1.57. The molecule has 0 radical (unpaired) electrons. The maximum Gasteiger partial charge on any atom is 0.338 e. The van der Waals surface area contributed by atoms with Crippen molar-refractivity contribution in [1.29, 1.82) is 0 Å². The smallest absolute Gasteiger partial charge is 0.338 e. The number of nitrogens with one attached hydrogen (secondary N) is 2. The Labute approximate surface area is 152 Å². The molecule has 0 spiro atoms. The molecule has 1 fully saturated rings. The van der Waals surface area contributed by atoms with Crippen LogP contribution >= 0.6 is 0 Å². The molecule has 1 aliphatic heterocycles. The number of carbonyl (C=O) groups is 2. The number of esters is 1. The topological polar surface area (TPSA) is 76.7 Å². The quantitative estimate of drug-likeness (QED) is 0.773. The van der Waals surface area contributed by atoms with Crippen LogP contribution in [0.5, 0.6) is 0 Å². The number of anilines is 3. The molecule has 1 atom stereocenters. The second-order valence-corrected chi connectivity index (χ2v) is 5.99. The van der Waals surface area contributed by atoms with E-state index in [1.807, 2.05) is 36.4 Å². The number of ether oxygens (including phenoxy) is 2. The Bertz CT molecular complexity index is 750. The van der Waals surface area contributed by atoms with Crippen molar-refractivity contribution in [2.75, 3.05) is 23.8 Å². The molecule has 26 heavy (non-hydrogen) atoms. The first kappa shape index (κ1) is 17.9. The van der Waals surface area contributed by atoms with E-state index >= 15 is 0 Å². The lowest BCUT2D eigenvalue weighted by atomic mass is 10.2. The van der Waals surface area contributed by atoms with E-state index in [4.69, 9.17) is 9.47 Å². The van der Waals surface area contributed by atoms with E-state index in [-0.39, 0.29) is 18.0 Å². The van der Waals surface area contributed by atoms with Gasteiger partial charge in [0.15, 0.2) is 0 Å². The van der Waals surface area contributed by atoms with Gasteiger partial charge < -0.3 is 20.1 Å². The molecule has 1 aliphatic rings. The zero-order valence-corrected chi connectivity index (χ0v) is 14.7. The summed E-state index contributed by atoms with van der Waals surface area (Å²) in [5.74, 6) is -0.428. The number of rotatable bonds is 6. The van der Waals surface area contributed by atoms with Gasteiger partial charge in [0.1, 0.15) is 6.10 Å². The minimum atomic E-state index is -0.342. The van der Waals surface area contributed by atoms with Crippen molar-refractivity contribution in [1.82, 2.24) is 0 Å². The van der Waals surface area contributed by atoms with Gasteiger partial charge in [-0.25, -0.2) is 4.79 Å². The van der Waals surface area contributed by atoms with Crippen molar-refractivity contribution in [2.24, 2.45) is 0 Å². The molecule has 1 heterocycles. The van der Waals surface area contributed by atoms with Gasteiger partial charge >= 0.3 is 5.97 Å². The monoisotopic (exact) mass is 354 g/mol. The minimum Gasteiger partial charge on any atom is -0.462 e. The van der Waals surface area contributed by atoms with E-state index in [2.05, 4.69) is 10.6 Å². The van der Waals surface area contributed by atoms with Crippen molar-refractivity contribution >= 4 is 28.9 Å². The van der Waals surface area contributed by atoms with Crippen LogP contribution in [0.25, 0.3) is 0 Å². The zero-order valence-electron chi connectivity index (χ0n) is 14.7. The Morgan fingerprint density at radius 3 is 2.23 bits per heavy atom. The lowest BCUT2D eigenvalue weighted by Gasteiger charge is -2.12. The molecule has 6 heteroatoms. The van der Waals surface area contributed by atoms with Gasteiger partial charge in [-0.1, -0.05) is 0 Å². The summed E-state index contributed by atoms with van der Waals surface area (Å²) in [6, 6.07) is 14.5. The molecule has 2 N–H and O–H groups in total. The molecule has 0 aromatic heterocycles. The van der Waals surface area contributed by atoms with Gasteiger partial charge in [-0.15, -0.1) is 0 Å². The molecule has 0 saturated carbocycles. The van der Waals surface area contributed by atoms with Crippen molar-refractivity contribution < 1.29 is 19.1 Å². The van der Waals surface area contributed by atoms with E-state index in [9.17, 15) is 9.59 Å². The predicted molar refractivity (Wildman–Crippen MR) is 99.7 cm³/mol. The van der Waals surface area contributed by atoms with Crippen LogP contribution in [0.1, 0.15) is 30.1 Å². The number of amides is 1. The Morgan fingerprint density at radius 2 is 1.65 bits per heavy atom. The van der Waals surface area contributed by atoms with Crippen LogP contribution in [0.2, 0.25) is 0 Å². The van der Waals surface area contributed by atoms with E-state index in [1.54, 1.807) is 19.1 Å². The standard InChI is InChI=1S/C20H22N2O4/c1-2-25-20(24)14-5-7-15(8-6-14)21-16-9-11-17(12-10-16)22-19(23)18-4-3-13-26-18/h5-12,18,21H,2-4,13H2,1H3,(H,22,23). The van der Waals surface area contributed by atoms with Crippen LogP contribution in [0.4, 0.5) is 17.1 Å². The molecule has 0 aliphatic carbocycles. The number of hydrogen-bond donors (Lipinski definition) is 2. The molecule has 6 nitrogen and oxygen atoms in total. The average Bonchev–Trinajstić information content (AvgIpc) is 3.19. The van der Waals surface area contributed by atoms with E-state index < -0.39 is 0 Å². The molecule has 136 valence electrons. The summed E-state index contributed by atoms with van der Waals surface area (Å²) in [6.07, 6.45) is 1.36. The molecular formula is C20H22N2O4. The fourth-order valence-corrected chi connectivity index (χ4v) is 2.71. The van der Waals surface area contributed by atoms with Crippen LogP contribution in [0.15, 0.2) is 48.5 Å². The molecule has 1 unspecified atom stereocenters. The summed E-state index contributed by atoms with van der Waals surface area (Å²) in [4.78, 5) is 23.7. The molecule has 2 aromatic carbocycles. The lowest BCUT2D eigenvalue weighted by molar-refractivity contribution is -0.124. The van der Waals surface area contributed by atoms with Crippen molar-refractivity contribution in [3.63, 3.8) is 0 Å². The Kier molecular flexibility index (Phi) is 5.86. The third kappa shape index (κ3) is 4.61. The third-order valence-corrected chi connectivity index (χ3v) is 4.06. The maximum absolute atomic E-state index is 12.0. The average molecular weight is 354 g/mol. The van der Waals surface area contributed by atoms with Crippen molar-refractivity contribution in [2.45, 2.75) is 25.9 Å². The number of carbonyl (C=O) groups excluding carboxylic acids is 2. The van der Waals surface area contributed by atoms with Crippen LogP contribution in [-0.2, 0) is 14.3 Å². The molecule has 1 amide bonds. The number of hydrogen-bond acceptors (Lipinski definition) is 5. The lowest BCUT2D eigenvalue weighted by Crippen LogP contribution is -2.26. The zero-order chi connectivity index (χ0) is 18.4. The highest BCUT2D eigenvalue weighted by atomic mass is 16.5. The fraction of sp³-hybridized carbons (Fsp3) is 0.300. The summed E-state index contributed by atoms with van der Waals surface area (Å²) >= 11 is 0. The van der Waals surface area contributed by atoms with Gasteiger partial charge in [0, 0.05) is 23.7 Å². The van der Waals surface area contributed by atoms with Crippen molar-refractivity contribution in [3.8, 4) is 0 Å². The Hall–Kier alpha value is -2.86. The summed E-state index contributed by atoms with van der Waals surface area (Å²) in [5.41, 5.74) is 2.98. The van der Waals surface area contributed by atoms with Crippen LogP contribution in [0, 0.1) is 0 Å². The molecule has 3 rings (SSSR count). The van der Waals surface area contributed by atoms with Crippen LogP contribution in [-0.4, -0.2) is 31.2 Å². The maximum atomic E-state index is 12.0. The molecule has 2 aromatic rings. The molecular weight excluding hydrogens is 332 g/mol. The molecule has 1 saturated heterocycles. The normalized spacial score (nSPS) is 16.1. The second-order valence-electron chi connectivity index (χ2n) is 5.99. The van der Waals surface area contributed by atoms with Gasteiger partial charge in [0.05, 0.1) is 12.2 Å². The fourth-order valence-electron chi connectivity index (χ4n) is 2.71. The highest BCUT2D eigenvalue weighted by Crippen LogP contribution is 2.21. The SMILES string of the molecule is CCOC(=O)c1ccc(Nc2ccc(NC(=O)C3CCCO3)cc2)cc1. The first-order valence-corrected chi connectivity index (χ1v) is 8.72. The van der Waals surface area contributed by atoms with Crippen LogP contribution < -0.4 is 10.6 Å². The van der Waals surface area contributed by atoms with E-state index in [0.29, 0.717) is 18.8 Å². The predicted octanol–water partition coefficient (Wildman–Crippen LogP) is 3.72. The third-order valence-electron chi connectivity index (χ3n) is 4.06. The first-order chi connectivity index (χ1) is 12.7. The van der Waals surface area contributed by atoms with Gasteiger partial charge in [-0.05, 0) is 68.3 Å². The minimum absolute atomic E-state index is 0.0993. The van der Waals surface area contributed by atoms with E-state index in [1.165, 1.54) is 0 Å². The van der Waals surface area contributed by atoms with Crippen LogP contribution in [0.3, 0.4) is 0 Å². The largest absolute Gasteiger partial charge is 0.462 e. The summed E-state index contributed by atoms with van der Waals surface area (Å²) in [5, 5.41) is 6.11. The Morgan fingerprint density at radius 1 is 1.04 bits per heavy atom.